The fraction of sp³-hybridized carbons (Fsp3) is 0.667. The fourth-order valence-electron chi connectivity index (χ4n) is 2.42. The molecule has 0 unspecified atom stereocenters. The molecule has 0 radical (unpaired) electrons. The number of rotatable bonds is 4. The van der Waals surface area contributed by atoms with Crippen LogP contribution in [0.25, 0.3) is 0 Å². The third kappa shape index (κ3) is 6.97. The topological polar surface area (TPSA) is 209 Å². The summed E-state index contributed by atoms with van der Waals surface area (Å²) in [6.45, 7) is 1.49. The van der Waals surface area contributed by atoms with Crippen LogP contribution < -0.4 is 16.6 Å². The van der Waals surface area contributed by atoms with E-state index in [9.17, 15) is 36.0 Å². The molecule has 18 heteroatoms. The molecular weight excluding hydrogens is 447 g/mol. The first kappa shape index (κ1) is 25.3. The summed E-state index contributed by atoms with van der Waals surface area (Å²) in [5, 5.41) is 7.66. The van der Waals surface area contributed by atoms with E-state index in [1.54, 1.807) is 0 Å². The van der Waals surface area contributed by atoms with Crippen molar-refractivity contribution in [1.82, 2.24) is 20.8 Å². The van der Waals surface area contributed by atoms with E-state index in [1.807, 2.05) is 0 Å². The van der Waals surface area contributed by atoms with Crippen LogP contribution in [0.4, 0.5) is 18.0 Å². The predicted octanol–water partition coefficient (Wildman–Crippen LogP) is -1.88. The number of carbonyl (C=O) groups is 4. The number of nitrogens with zero attached hydrogens (tertiary/aromatic N) is 2. The van der Waals surface area contributed by atoms with Crippen LogP contribution in [0.2, 0.25) is 0 Å². The number of aliphatic carboxylic acids is 1. The van der Waals surface area contributed by atoms with E-state index in [0.29, 0.717) is 5.06 Å². The van der Waals surface area contributed by atoms with Gasteiger partial charge in [-0.05, 0) is 19.8 Å². The fourth-order valence-corrected chi connectivity index (χ4v) is 2.81. The molecule has 14 nitrogen and oxygen atoms in total. The summed E-state index contributed by atoms with van der Waals surface area (Å²) in [6, 6.07) is -3.17. The van der Waals surface area contributed by atoms with Gasteiger partial charge >= 0.3 is 28.6 Å². The number of carboxylic acids is 1. The maximum Gasteiger partial charge on any atom is 0.490 e. The van der Waals surface area contributed by atoms with E-state index in [0.717, 1.165) is 4.90 Å². The molecule has 0 aromatic heterocycles. The molecule has 0 saturated carbocycles. The summed E-state index contributed by atoms with van der Waals surface area (Å²) in [4.78, 5) is 45.5. The van der Waals surface area contributed by atoms with Crippen LogP contribution in [-0.4, -0.2) is 82.7 Å². The smallest absolute Gasteiger partial charge is 0.475 e. The Morgan fingerprint density at radius 3 is 2.23 bits per heavy atom. The van der Waals surface area contributed by atoms with Crippen LogP contribution in [0.3, 0.4) is 0 Å². The Morgan fingerprint density at radius 2 is 1.80 bits per heavy atom. The van der Waals surface area contributed by atoms with E-state index < -0.39 is 58.5 Å². The Kier molecular flexibility index (Phi) is 7.95. The van der Waals surface area contributed by atoms with Crippen molar-refractivity contribution in [1.29, 1.82) is 0 Å². The summed E-state index contributed by atoms with van der Waals surface area (Å²) < 4.78 is 66.2. The lowest BCUT2D eigenvalue weighted by molar-refractivity contribution is -0.192. The number of carboxylic acid groups (broad SMARTS) is 1. The molecule has 2 saturated heterocycles. The third-order valence-electron chi connectivity index (χ3n) is 3.76. The summed E-state index contributed by atoms with van der Waals surface area (Å²) >= 11 is 0. The van der Waals surface area contributed by atoms with Crippen molar-refractivity contribution < 1.29 is 54.7 Å². The van der Waals surface area contributed by atoms with Crippen LogP contribution in [0.15, 0.2) is 0 Å². The largest absolute Gasteiger partial charge is 0.490 e. The van der Waals surface area contributed by atoms with E-state index in [1.165, 1.54) is 6.92 Å². The van der Waals surface area contributed by atoms with Gasteiger partial charge in [-0.1, -0.05) is 0 Å². The second kappa shape index (κ2) is 9.41. The van der Waals surface area contributed by atoms with Crippen molar-refractivity contribution >= 4 is 34.2 Å². The molecule has 0 spiro atoms. The van der Waals surface area contributed by atoms with Crippen LogP contribution >= 0.6 is 0 Å². The number of nitrogens with two attached hydrogens (primary N) is 1. The van der Waals surface area contributed by atoms with Gasteiger partial charge in [-0.25, -0.2) is 9.59 Å². The molecule has 2 aliphatic rings. The lowest BCUT2D eigenvalue weighted by Crippen LogP contribution is -2.56. The molecule has 0 aromatic carbocycles. The zero-order valence-electron chi connectivity index (χ0n) is 15.1. The highest BCUT2D eigenvalue weighted by Gasteiger charge is 2.49. The third-order valence-corrected chi connectivity index (χ3v) is 4.11. The monoisotopic (exact) mass is 465 g/mol. The summed E-state index contributed by atoms with van der Waals surface area (Å²) in [5.74, 6) is -4.00. The van der Waals surface area contributed by atoms with Crippen molar-refractivity contribution in [3.8, 4) is 0 Å². The van der Waals surface area contributed by atoms with Gasteiger partial charge in [0.2, 0.25) is 0 Å². The standard InChI is InChI=1S/C10H17N5O7S.C2HF3O2/c1-5(11)8(16)12-13-9(17)7-3-2-6-4-14(7)10(18)15(6)22-23(19,20)21;3-2(4,5)1(6)7/h5-7H,2-4,11H2,1H3,(H,12,16)(H,13,17)(H,19,20,21);(H,6,7)/t5-,6-,7+;/m1./s1. The Balaban J connectivity index is 0.000000553. The first-order chi connectivity index (χ1) is 13.5. The SMILES string of the molecule is C[C@@H](N)C(=O)NNC(=O)[C@@H]1CC[C@@H]2CN1C(=O)N2OS(=O)(=O)O.O=C(O)C(F)(F)F. The van der Waals surface area contributed by atoms with Crippen molar-refractivity contribution in [3.05, 3.63) is 0 Å². The van der Waals surface area contributed by atoms with Gasteiger partial charge in [-0.2, -0.15) is 26.7 Å². The van der Waals surface area contributed by atoms with Crippen molar-refractivity contribution in [3.63, 3.8) is 0 Å². The first-order valence-corrected chi connectivity index (χ1v) is 9.33. The Bertz CT molecular complexity index is 804. The van der Waals surface area contributed by atoms with Crippen LogP contribution in [0.1, 0.15) is 19.8 Å². The number of hydroxylamine groups is 2. The molecule has 30 heavy (non-hydrogen) atoms. The zero-order valence-corrected chi connectivity index (χ0v) is 15.9. The minimum atomic E-state index is -5.08. The van der Waals surface area contributed by atoms with Gasteiger partial charge in [-0.15, -0.1) is 4.28 Å². The average Bonchev–Trinajstić information content (AvgIpc) is 2.82. The second-order valence-corrected chi connectivity index (χ2v) is 7.08. The van der Waals surface area contributed by atoms with Crippen molar-refractivity contribution in [2.24, 2.45) is 5.73 Å². The predicted molar refractivity (Wildman–Crippen MR) is 87.0 cm³/mol. The lowest BCUT2D eigenvalue weighted by atomic mass is 10.0. The number of amides is 4. The number of nitrogens with one attached hydrogen (secondary N) is 2. The Hall–Kier alpha value is -2.70. The number of alkyl halides is 3. The molecular formula is C12H18F3N5O9S. The Labute approximate surface area is 167 Å². The molecule has 2 heterocycles. The van der Waals surface area contributed by atoms with E-state index >= 15 is 0 Å². The molecule has 2 bridgehead atoms. The second-order valence-electron chi connectivity index (χ2n) is 6.08. The number of hydrazine groups is 1. The van der Waals surface area contributed by atoms with Gasteiger partial charge in [-0.3, -0.25) is 25.0 Å². The zero-order chi connectivity index (χ0) is 23.4. The molecule has 3 atom stereocenters. The highest BCUT2D eigenvalue weighted by molar-refractivity contribution is 7.80. The molecule has 0 aromatic rings. The van der Waals surface area contributed by atoms with E-state index in [2.05, 4.69) is 15.1 Å². The average molecular weight is 465 g/mol. The quantitative estimate of drug-likeness (QED) is 0.230. The number of fused-ring (bicyclic) bond motifs is 2. The molecule has 2 aliphatic heterocycles. The van der Waals surface area contributed by atoms with E-state index in [4.69, 9.17) is 20.2 Å². The number of urea groups is 1. The minimum Gasteiger partial charge on any atom is -0.475 e. The Morgan fingerprint density at radius 1 is 1.27 bits per heavy atom. The molecule has 2 rings (SSSR count). The number of piperidine rings is 1. The van der Waals surface area contributed by atoms with Gasteiger partial charge in [0, 0.05) is 6.54 Å². The number of halogens is 3. The summed E-state index contributed by atoms with van der Waals surface area (Å²) in [7, 11) is -4.84. The first-order valence-electron chi connectivity index (χ1n) is 7.96. The maximum absolute atomic E-state index is 12.1. The number of hydrogen-bond acceptors (Lipinski definition) is 8. The van der Waals surface area contributed by atoms with Crippen molar-refractivity contribution in [2.75, 3.05) is 6.54 Å². The van der Waals surface area contributed by atoms with Gasteiger partial charge < -0.3 is 15.7 Å². The van der Waals surface area contributed by atoms with Gasteiger partial charge in [0.1, 0.15) is 6.04 Å². The molecule has 0 aliphatic carbocycles. The molecule has 2 fully saturated rings. The molecule has 6 N–H and O–H groups in total. The van der Waals surface area contributed by atoms with Gasteiger partial charge in [0.05, 0.1) is 12.1 Å². The summed E-state index contributed by atoms with van der Waals surface area (Å²) in [5.41, 5.74) is 9.61. The van der Waals surface area contributed by atoms with E-state index in [-0.39, 0.29) is 19.4 Å². The number of carbonyl (C=O) groups excluding carboxylic acids is 3. The lowest BCUT2D eigenvalue weighted by Gasteiger charge is -2.29. The van der Waals surface area contributed by atoms with Gasteiger partial charge in [0.15, 0.2) is 0 Å². The normalized spacial score (nSPS) is 22.0. The highest BCUT2D eigenvalue weighted by Crippen LogP contribution is 2.30. The maximum atomic E-state index is 12.1. The van der Waals surface area contributed by atoms with Gasteiger partial charge in [0.25, 0.3) is 11.8 Å². The van der Waals surface area contributed by atoms with Crippen LogP contribution in [0, 0.1) is 0 Å². The molecule has 4 amide bonds. The minimum absolute atomic E-state index is 0.0632. The van der Waals surface area contributed by atoms with Crippen molar-refractivity contribution in [2.45, 2.75) is 44.1 Å². The van der Waals surface area contributed by atoms with Crippen LogP contribution in [0.5, 0.6) is 0 Å². The summed E-state index contributed by atoms with van der Waals surface area (Å²) in [6.07, 6.45) is -4.56. The van der Waals surface area contributed by atoms with Crippen LogP contribution in [-0.2, 0) is 29.1 Å². The highest BCUT2D eigenvalue weighted by atomic mass is 32.3. The number of hydrogen-bond donors (Lipinski definition) is 5. The molecule has 172 valence electrons.